The Morgan fingerprint density at radius 2 is 1.07 bits per heavy atom. The third kappa shape index (κ3) is 14.6. The van der Waals surface area contributed by atoms with Crippen molar-refractivity contribution in [3.05, 3.63) is 0 Å². The number of hydrogen-bond acceptors (Lipinski definition) is 14. The molecular formula is C25H47N5O12. The first kappa shape index (κ1) is 37.5. The van der Waals surface area contributed by atoms with Crippen LogP contribution in [0.3, 0.4) is 0 Å². The van der Waals surface area contributed by atoms with Crippen LogP contribution < -0.4 is 0 Å². The summed E-state index contributed by atoms with van der Waals surface area (Å²) in [6.45, 7) is 2.15. The van der Waals surface area contributed by atoms with Crippen molar-refractivity contribution in [2.75, 3.05) is 105 Å². The van der Waals surface area contributed by atoms with E-state index < -0.39 is 54.8 Å². The van der Waals surface area contributed by atoms with Crippen LogP contribution in [0.4, 0.5) is 0 Å². The molecule has 1 aliphatic rings. The van der Waals surface area contributed by atoms with E-state index >= 15 is 0 Å². The Morgan fingerprint density at radius 1 is 0.690 bits per heavy atom. The maximum absolute atomic E-state index is 13.0. The smallest absolute Gasteiger partial charge is 0.320 e. The predicted octanol–water partition coefficient (Wildman–Crippen LogP) is -5.17. The zero-order valence-corrected chi connectivity index (χ0v) is 24.3. The van der Waals surface area contributed by atoms with Crippen molar-refractivity contribution in [1.29, 1.82) is 0 Å². The first-order valence-corrected chi connectivity index (χ1v) is 13.8. The lowest BCUT2D eigenvalue weighted by Crippen LogP contribution is -2.52. The lowest BCUT2D eigenvalue weighted by molar-refractivity contribution is -0.145. The molecule has 0 aliphatic carbocycles. The summed E-state index contributed by atoms with van der Waals surface area (Å²) in [5.74, 6) is -3.00. The van der Waals surface area contributed by atoms with Crippen LogP contribution in [0.5, 0.6) is 0 Å². The number of likely N-dealkylation sites (N-methyl/N-ethyl adjacent to an activating group) is 1. The minimum Gasteiger partial charge on any atom is -0.480 e. The van der Waals surface area contributed by atoms with Gasteiger partial charge in [-0.25, -0.2) is 0 Å². The Morgan fingerprint density at radius 3 is 1.45 bits per heavy atom. The summed E-state index contributed by atoms with van der Waals surface area (Å²) in [6.07, 6.45) is -6.96. The fourth-order valence-electron chi connectivity index (χ4n) is 4.35. The van der Waals surface area contributed by atoms with E-state index in [1.54, 1.807) is 26.5 Å². The van der Waals surface area contributed by atoms with Gasteiger partial charge in [-0.3, -0.25) is 38.8 Å². The molecular weight excluding hydrogens is 562 g/mol. The molecule has 1 fully saturated rings. The highest BCUT2D eigenvalue weighted by Crippen LogP contribution is 2.08. The molecule has 0 radical (unpaired) electrons. The zero-order chi connectivity index (χ0) is 31.8. The van der Waals surface area contributed by atoms with Crippen LogP contribution in [0.2, 0.25) is 0 Å². The molecule has 4 atom stereocenters. The van der Waals surface area contributed by atoms with Gasteiger partial charge in [0.25, 0.3) is 0 Å². The van der Waals surface area contributed by atoms with Gasteiger partial charge >= 0.3 is 17.9 Å². The number of carboxylic acid groups (broad SMARTS) is 2. The molecule has 1 rings (SSSR count). The van der Waals surface area contributed by atoms with Crippen molar-refractivity contribution in [1.82, 2.24) is 24.5 Å². The highest BCUT2D eigenvalue weighted by molar-refractivity contribution is 5.78. The van der Waals surface area contributed by atoms with Gasteiger partial charge in [0.15, 0.2) is 0 Å². The third-order valence-corrected chi connectivity index (χ3v) is 6.88. The molecule has 0 aromatic rings. The number of nitrogens with zero attached hydrogens (tertiary/aromatic N) is 5. The van der Waals surface area contributed by atoms with Crippen molar-refractivity contribution in [3.63, 3.8) is 0 Å². The van der Waals surface area contributed by atoms with E-state index in [-0.39, 0.29) is 72.1 Å². The molecule has 1 amide bonds. The van der Waals surface area contributed by atoms with E-state index in [1.165, 1.54) is 7.05 Å². The standard InChI is InChI=1S/C25H47N5O12/c1-3-42-23(39)16-30-10-5-27(13-20(34)26(2)12-18(32)24(40)25(41)19(33)17-31)4-6-28(14-21(35)36)7-8-29(9-11-30)15-22(37)38/h18-19,24-25,31-33,40-41H,3-17H2,1-2H3,(H,35,36)(H,37,38)/t18-,19+,24+,25+/m0/s1. The van der Waals surface area contributed by atoms with Crippen LogP contribution in [-0.4, -0.2) is 214 Å². The van der Waals surface area contributed by atoms with E-state index in [0.29, 0.717) is 19.6 Å². The Labute approximate surface area is 245 Å². The number of carboxylic acids is 2. The van der Waals surface area contributed by atoms with Crippen LogP contribution >= 0.6 is 0 Å². The molecule has 244 valence electrons. The van der Waals surface area contributed by atoms with E-state index in [1.807, 2.05) is 0 Å². The second-order valence-corrected chi connectivity index (χ2v) is 10.3. The predicted molar refractivity (Wildman–Crippen MR) is 146 cm³/mol. The van der Waals surface area contributed by atoms with Gasteiger partial charge in [0.2, 0.25) is 5.91 Å². The molecule has 1 heterocycles. The van der Waals surface area contributed by atoms with Crippen LogP contribution in [0.1, 0.15) is 6.92 Å². The van der Waals surface area contributed by atoms with Gasteiger partial charge in [0.1, 0.15) is 24.4 Å². The normalized spacial score (nSPS) is 20.0. The van der Waals surface area contributed by atoms with Gasteiger partial charge in [-0.15, -0.1) is 0 Å². The quantitative estimate of drug-likeness (QED) is 0.0860. The summed E-state index contributed by atoms with van der Waals surface area (Å²) in [7, 11) is 1.38. The van der Waals surface area contributed by atoms with E-state index in [0.717, 1.165) is 4.90 Å². The molecule has 0 bridgehead atoms. The molecule has 17 nitrogen and oxygen atoms in total. The average molecular weight is 610 g/mol. The number of esters is 1. The largest absolute Gasteiger partial charge is 0.480 e. The topological polar surface area (TPSA) is 235 Å². The summed E-state index contributed by atoms with van der Waals surface area (Å²) in [4.78, 5) is 56.1. The van der Waals surface area contributed by atoms with Crippen LogP contribution in [0.25, 0.3) is 0 Å². The third-order valence-electron chi connectivity index (χ3n) is 6.88. The summed E-state index contributed by atoms with van der Waals surface area (Å²) < 4.78 is 5.06. The van der Waals surface area contributed by atoms with Crippen molar-refractivity contribution in [2.45, 2.75) is 31.3 Å². The number of aliphatic hydroxyl groups excluding tert-OH is 5. The van der Waals surface area contributed by atoms with Crippen molar-refractivity contribution in [2.24, 2.45) is 0 Å². The zero-order valence-electron chi connectivity index (χ0n) is 24.3. The lowest BCUT2D eigenvalue weighted by Gasteiger charge is -2.34. The van der Waals surface area contributed by atoms with E-state index in [2.05, 4.69) is 0 Å². The Hall–Kier alpha value is -2.48. The summed E-state index contributed by atoms with van der Waals surface area (Å²) >= 11 is 0. The van der Waals surface area contributed by atoms with E-state index in [9.17, 15) is 49.8 Å². The molecule has 42 heavy (non-hydrogen) atoms. The minimum absolute atomic E-state index is 0.0479. The molecule has 1 aliphatic heterocycles. The first-order chi connectivity index (χ1) is 19.8. The Kier molecular flexibility index (Phi) is 17.6. The van der Waals surface area contributed by atoms with Crippen molar-refractivity contribution >= 4 is 23.8 Å². The summed E-state index contributed by atoms with van der Waals surface area (Å²) in [5.41, 5.74) is 0. The molecule has 1 saturated heterocycles. The second-order valence-electron chi connectivity index (χ2n) is 10.3. The number of ether oxygens (including phenoxy) is 1. The Balaban J connectivity index is 3.02. The van der Waals surface area contributed by atoms with Gasteiger partial charge in [-0.1, -0.05) is 0 Å². The minimum atomic E-state index is -1.83. The monoisotopic (exact) mass is 609 g/mol. The second kappa shape index (κ2) is 19.7. The molecule has 17 heteroatoms. The lowest BCUT2D eigenvalue weighted by atomic mass is 10.0. The van der Waals surface area contributed by atoms with Gasteiger partial charge in [0, 0.05) is 66.0 Å². The number of hydrogen-bond donors (Lipinski definition) is 7. The number of carbonyl (C=O) groups is 4. The van der Waals surface area contributed by atoms with Gasteiger partial charge in [-0.05, 0) is 6.92 Å². The molecule has 0 aromatic heterocycles. The summed E-state index contributed by atoms with van der Waals surface area (Å²) in [5, 5.41) is 67.3. The summed E-state index contributed by atoms with van der Waals surface area (Å²) in [6, 6.07) is 0. The van der Waals surface area contributed by atoms with Crippen LogP contribution in [0.15, 0.2) is 0 Å². The highest BCUT2D eigenvalue weighted by atomic mass is 16.5. The number of aliphatic carboxylic acids is 2. The maximum atomic E-state index is 13.0. The van der Waals surface area contributed by atoms with Crippen molar-refractivity contribution in [3.8, 4) is 0 Å². The molecule has 0 saturated carbocycles. The van der Waals surface area contributed by atoms with Crippen molar-refractivity contribution < 1.29 is 59.7 Å². The number of aliphatic hydroxyl groups is 5. The molecule has 0 unspecified atom stereocenters. The number of rotatable bonds is 15. The molecule has 0 aromatic carbocycles. The highest BCUT2D eigenvalue weighted by Gasteiger charge is 2.31. The fourth-order valence-corrected chi connectivity index (χ4v) is 4.35. The Bertz CT molecular complexity index is 853. The van der Waals surface area contributed by atoms with E-state index in [4.69, 9.17) is 9.84 Å². The van der Waals surface area contributed by atoms with Crippen LogP contribution in [0, 0.1) is 0 Å². The number of amides is 1. The van der Waals surface area contributed by atoms with Crippen LogP contribution in [-0.2, 0) is 23.9 Å². The molecule has 7 N–H and O–H groups in total. The number of carbonyl (C=O) groups excluding carboxylic acids is 2. The average Bonchev–Trinajstić information content (AvgIpc) is 2.92. The maximum Gasteiger partial charge on any atom is 0.320 e. The first-order valence-electron chi connectivity index (χ1n) is 13.8. The fraction of sp³-hybridized carbons (Fsp3) is 0.840. The SMILES string of the molecule is CCOC(=O)CN1CCN(CC(=O)O)CCN(CC(=O)O)CCN(CC(=O)N(C)C[C@H](O)[C@@H](O)[C@H](O)[C@H](O)CO)CC1. The molecule has 0 spiro atoms. The van der Waals surface area contributed by atoms with Gasteiger partial charge in [0.05, 0.1) is 39.4 Å². The van der Waals surface area contributed by atoms with Gasteiger partial charge < -0.3 is 45.4 Å². The van der Waals surface area contributed by atoms with Gasteiger partial charge in [-0.2, -0.15) is 0 Å².